The first-order chi connectivity index (χ1) is 6.35. The lowest BCUT2D eigenvalue weighted by Crippen LogP contribution is -2.53. The van der Waals surface area contributed by atoms with Crippen LogP contribution >= 0.6 is 0 Å². The van der Waals surface area contributed by atoms with Gasteiger partial charge in [-0.1, -0.05) is 0 Å². The lowest BCUT2D eigenvalue weighted by Gasteiger charge is -2.33. The van der Waals surface area contributed by atoms with Gasteiger partial charge in [0.1, 0.15) is 0 Å². The van der Waals surface area contributed by atoms with Crippen LogP contribution in [0.2, 0.25) is 0 Å². The fraction of sp³-hybridized carbons (Fsp3) is 1.00. The number of rotatable bonds is 3. The molecule has 1 saturated heterocycles. The third-order valence-electron chi connectivity index (χ3n) is 2.38. The molecule has 1 atom stereocenters. The molecule has 0 aromatic heterocycles. The van der Waals surface area contributed by atoms with Crippen molar-refractivity contribution in [3.63, 3.8) is 0 Å². The average Bonchev–Trinajstić information content (AvgIpc) is 2.09. The summed E-state index contributed by atoms with van der Waals surface area (Å²) in [5.41, 5.74) is 5.14. The van der Waals surface area contributed by atoms with E-state index < -0.39 is 15.4 Å². The molecule has 0 amide bonds. The van der Waals surface area contributed by atoms with Gasteiger partial charge in [-0.3, -0.25) is 4.90 Å². The van der Waals surface area contributed by atoms with Gasteiger partial charge in [-0.2, -0.15) is 0 Å². The number of nitrogens with zero attached hydrogens (tertiary/aromatic N) is 1. The van der Waals surface area contributed by atoms with Crippen LogP contribution < -0.4 is 5.73 Å². The molecule has 1 fully saturated rings. The molecule has 14 heavy (non-hydrogen) atoms. The Morgan fingerprint density at radius 3 is 2.36 bits per heavy atom. The predicted molar refractivity (Wildman–Crippen MR) is 54.8 cm³/mol. The zero-order valence-electron chi connectivity index (χ0n) is 8.44. The molecule has 5 nitrogen and oxygen atoms in total. The van der Waals surface area contributed by atoms with Gasteiger partial charge < -0.3 is 10.8 Å². The van der Waals surface area contributed by atoms with Crippen LogP contribution in [0, 0.1) is 0 Å². The summed E-state index contributed by atoms with van der Waals surface area (Å²) in [7, 11) is -2.82. The highest BCUT2D eigenvalue weighted by Gasteiger charge is 2.26. The second kappa shape index (κ2) is 4.14. The molecule has 1 unspecified atom stereocenters. The molecule has 1 heterocycles. The van der Waals surface area contributed by atoms with Gasteiger partial charge in [0.25, 0.3) is 0 Å². The van der Waals surface area contributed by atoms with Crippen molar-refractivity contribution in [3.05, 3.63) is 0 Å². The minimum absolute atomic E-state index is 0.0871. The van der Waals surface area contributed by atoms with Crippen LogP contribution in [0.25, 0.3) is 0 Å². The van der Waals surface area contributed by atoms with Crippen LogP contribution in [-0.2, 0) is 9.84 Å². The Morgan fingerprint density at radius 2 is 1.93 bits per heavy atom. The molecule has 84 valence electrons. The summed E-state index contributed by atoms with van der Waals surface area (Å²) >= 11 is 0. The van der Waals surface area contributed by atoms with Crippen molar-refractivity contribution >= 4 is 9.84 Å². The number of nitrogens with two attached hydrogens (primary N) is 1. The number of aliphatic hydroxyl groups is 1. The van der Waals surface area contributed by atoms with Gasteiger partial charge in [0.2, 0.25) is 0 Å². The van der Waals surface area contributed by atoms with Crippen molar-refractivity contribution in [3.8, 4) is 0 Å². The maximum absolute atomic E-state index is 11.1. The lowest BCUT2D eigenvalue weighted by atomic mass is 10.1. The standard InChI is InChI=1S/C8H18N2O3S/c1-8(9,7-11)6-10-2-4-14(12,13)5-3-10/h11H,2-7,9H2,1H3. The third-order valence-corrected chi connectivity index (χ3v) is 3.99. The molecular weight excluding hydrogens is 204 g/mol. The number of sulfone groups is 1. The highest BCUT2D eigenvalue weighted by molar-refractivity contribution is 7.91. The summed E-state index contributed by atoms with van der Waals surface area (Å²) in [4.78, 5) is 1.98. The maximum Gasteiger partial charge on any atom is 0.152 e. The Balaban J connectivity index is 2.44. The summed E-state index contributed by atoms with van der Waals surface area (Å²) < 4.78 is 22.2. The second-order valence-corrected chi connectivity index (χ2v) is 6.54. The maximum atomic E-state index is 11.1. The van der Waals surface area contributed by atoms with Crippen LogP contribution in [0.3, 0.4) is 0 Å². The molecule has 3 N–H and O–H groups in total. The molecule has 0 spiro atoms. The van der Waals surface area contributed by atoms with E-state index in [1.165, 1.54) is 0 Å². The molecule has 1 aliphatic heterocycles. The topological polar surface area (TPSA) is 83.6 Å². The van der Waals surface area contributed by atoms with E-state index in [0.717, 1.165) is 0 Å². The molecule has 0 aliphatic carbocycles. The van der Waals surface area contributed by atoms with E-state index in [1.807, 2.05) is 4.90 Å². The largest absolute Gasteiger partial charge is 0.394 e. The van der Waals surface area contributed by atoms with E-state index in [1.54, 1.807) is 6.92 Å². The Morgan fingerprint density at radius 1 is 1.43 bits per heavy atom. The fourth-order valence-corrected chi connectivity index (χ4v) is 2.75. The van der Waals surface area contributed by atoms with Crippen molar-refractivity contribution in [2.24, 2.45) is 5.73 Å². The predicted octanol–water partition coefficient (Wildman–Crippen LogP) is -1.57. The van der Waals surface area contributed by atoms with Crippen LogP contribution in [-0.4, -0.2) is 61.7 Å². The smallest absolute Gasteiger partial charge is 0.152 e. The van der Waals surface area contributed by atoms with Gasteiger partial charge in [0.05, 0.1) is 18.1 Å². The van der Waals surface area contributed by atoms with Gasteiger partial charge in [0.15, 0.2) is 9.84 Å². The molecule has 6 heteroatoms. The van der Waals surface area contributed by atoms with Gasteiger partial charge >= 0.3 is 0 Å². The average molecular weight is 222 g/mol. The Hall–Kier alpha value is -0.170. The highest BCUT2D eigenvalue weighted by Crippen LogP contribution is 2.08. The molecule has 0 bridgehead atoms. The summed E-state index contributed by atoms with van der Waals surface area (Å²) in [6.07, 6.45) is 0. The van der Waals surface area contributed by atoms with Gasteiger partial charge in [-0.25, -0.2) is 8.42 Å². The van der Waals surface area contributed by atoms with Crippen LogP contribution in [0.5, 0.6) is 0 Å². The molecule has 0 aromatic rings. The minimum atomic E-state index is -2.82. The van der Waals surface area contributed by atoms with E-state index in [9.17, 15) is 8.42 Å². The Kier molecular flexibility index (Phi) is 3.52. The quantitative estimate of drug-likeness (QED) is 0.602. The molecule has 0 saturated carbocycles. The second-order valence-electron chi connectivity index (χ2n) is 4.24. The van der Waals surface area contributed by atoms with E-state index in [-0.39, 0.29) is 18.1 Å². The lowest BCUT2D eigenvalue weighted by molar-refractivity contribution is 0.153. The fourth-order valence-electron chi connectivity index (χ4n) is 1.47. The first-order valence-electron chi connectivity index (χ1n) is 4.67. The molecule has 1 aliphatic rings. The van der Waals surface area contributed by atoms with Crippen molar-refractivity contribution in [2.75, 3.05) is 37.7 Å². The molecule has 1 rings (SSSR count). The number of hydrogen-bond donors (Lipinski definition) is 2. The first-order valence-corrected chi connectivity index (χ1v) is 6.49. The normalized spacial score (nSPS) is 27.1. The summed E-state index contributed by atoms with van der Waals surface area (Å²) in [5, 5.41) is 8.96. The molecule has 0 aromatic carbocycles. The summed E-state index contributed by atoms with van der Waals surface area (Å²) in [5.74, 6) is 0.406. The van der Waals surface area contributed by atoms with Crippen molar-refractivity contribution in [1.29, 1.82) is 0 Å². The number of hydrogen-bond acceptors (Lipinski definition) is 5. The molecular formula is C8H18N2O3S. The summed E-state index contributed by atoms with van der Waals surface area (Å²) in [6.45, 7) is 3.26. The zero-order valence-corrected chi connectivity index (χ0v) is 9.26. The van der Waals surface area contributed by atoms with Crippen molar-refractivity contribution in [1.82, 2.24) is 4.90 Å². The van der Waals surface area contributed by atoms with Crippen molar-refractivity contribution < 1.29 is 13.5 Å². The minimum Gasteiger partial charge on any atom is -0.394 e. The van der Waals surface area contributed by atoms with Crippen LogP contribution in [0.4, 0.5) is 0 Å². The SMILES string of the molecule is CC(N)(CO)CN1CCS(=O)(=O)CC1. The third kappa shape index (κ3) is 3.53. The van der Waals surface area contributed by atoms with Gasteiger partial charge in [-0.05, 0) is 6.92 Å². The number of aliphatic hydroxyl groups excluding tert-OH is 1. The first kappa shape index (κ1) is 11.9. The van der Waals surface area contributed by atoms with Crippen LogP contribution in [0.1, 0.15) is 6.92 Å². The Labute approximate surface area is 84.8 Å². The van der Waals surface area contributed by atoms with E-state index in [4.69, 9.17) is 10.8 Å². The summed E-state index contributed by atoms with van der Waals surface area (Å²) in [6, 6.07) is 0. The molecule has 0 radical (unpaired) electrons. The zero-order chi connectivity index (χ0) is 10.8. The van der Waals surface area contributed by atoms with Crippen LogP contribution in [0.15, 0.2) is 0 Å². The van der Waals surface area contributed by atoms with E-state index in [2.05, 4.69) is 0 Å². The van der Waals surface area contributed by atoms with E-state index >= 15 is 0 Å². The highest BCUT2D eigenvalue weighted by atomic mass is 32.2. The van der Waals surface area contributed by atoms with Crippen molar-refractivity contribution in [2.45, 2.75) is 12.5 Å². The Bertz CT molecular complexity index is 273. The van der Waals surface area contributed by atoms with Gasteiger partial charge in [0, 0.05) is 25.2 Å². The van der Waals surface area contributed by atoms with E-state index in [0.29, 0.717) is 19.6 Å². The monoisotopic (exact) mass is 222 g/mol. The van der Waals surface area contributed by atoms with Gasteiger partial charge in [-0.15, -0.1) is 0 Å².